The SMILES string of the molecule is CC1CC(C)CC(c2cc(C(=O)C(F)(F)F)c(O)cc2O)C1. The Morgan fingerprint density at radius 2 is 1.59 bits per heavy atom. The Balaban J connectivity index is 2.42. The fourth-order valence-electron chi connectivity index (χ4n) is 3.46. The minimum atomic E-state index is -5.06. The van der Waals surface area contributed by atoms with Gasteiger partial charge in [-0.1, -0.05) is 13.8 Å². The lowest BCUT2D eigenvalue weighted by atomic mass is 9.73. The summed E-state index contributed by atoms with van der Waals surface area (Å²) in [5, 5.41) is 19.5. The average Bonchev–Trinajstić information content (AvgIpc) is 2.35. The Hall–Kier alpha value is -1.72. The molecule has 22 heavy (non-hydrogen) atoms. The molecule has 2 rings (SSSR count). The van der Waals surface area contributed by atoms with E-state index in [-0.39, 0.29) is 11.7 Å². The third-order valence-corrected chi connectivity index (χ3v) is 4.27. The lowest BCUT2D eigenvalue weighted by Crippen LogP contribution is -2.23. The second-order valence-electron chi connectivity index (χ2n) is 6.37. The summed E-state index contributed by atoms with van der Waals surface area (Å²) in [6.45, 7) is 4.11. The molecule has 122 valence electrons. The zero-order valence-electron chi connectivity index (χ0n) is 12.4. The highest BCUT2D eigenvalue weighted by atomic mass is 19.4. The molecular weight excluding hydrogens is 297 g/mol. The first kappa shape index (κ1) is 16.6. The maximum atomic E-state index is 12.6. The molecule has 0 bridgehead atoms. The Bertz CT molecular complexity index is 571. The van der Waals surface area contributed by atoms with Crippen LogP contribution in [0.1, 0.15) is 54.9 Å². The predicted molar refractivity (Wildman–Crippen MR) is 75.1 cm³/mol. The molecule has 0 amide bonds. The number of alkyl halides is 3. The van der Waals surface area contributed by atoms with E-state index in [2.05, 4.69) is 13.8 Å². The van der Waals surface area contributed by atoms with Crippen LogP contribution < -0.4 is 0 Å². The molecule has 2 atom stereocenters. The Morgan fingerprint density at radius 1 is 1.05 bits per heavy atom. The largest absolute Gasteiger partial charge is 0.508 e. The summed E-state index contributed by atoms with van der Waals surface area (Å²) in [4.78, 5) is 11.4. The standard InChI is InChI=1S/C16H19F3O3/c1-8-3-9(2)5-10(4-8)11-6-12(14(21)7-13(11)20)15(22)16(17,18)19/h6-10,20-21H,3-5H2,1-2H3. The molecule has 6 heteroatoms. The van der Waals surface area contributed by atoms with E-state index in [0.717, 1.165) is 31.4 Å². The normalized spacial score (nSPS) is 26.0. The summed E-state index contributed by atoms with van der Waals surface area (Å²) in [6.07, 6.45) is -2.55. The van der Waals surface area contributed by atoms with Gasteiger partial charge in [-0.05, 0) is 48.6 Å². The van der Waals surface area contributed by atoms with Crippen molar-refractivity contribution in [2.45, 2.75) is 45.2 Å². The number of benzene rings is 1. The van der Waals surface area contributed by atoms with Crippen molar-refractivity contribution in [1.29, 1.82) is 0 Å². The smallest absolute Gasteiger partial charge is 0.455 e. The van der Waals surface area contributed by atoms with Crippen molar-refractivity contribution in [2.24, 2.45) is 11.8 Å². The van der Waals surface area contributed by atoms with Crippen LogP contribution in [0.15, 0.2) is 12.1 Å². The highest BCUT2D eigenvalue weighted by molar-refractivity contribution is 6.02. The van der Waals surface area contributed by atoms with Crippen molar-refractivity contribution in [3.63, 3.8) is 0 Å². The molecule has 0 aliphatic heterocycles. The van der Waals surface area contributed by atoms with Crippen molar-refractivity contribution >= 4 is 5.78 Å². The van der Waals surface area contributed by atoms with Crippen LogP contribution in [-0.2, 0) is 0 Å². The molecule has 3 nitrogen and oxygen atoms in total. The fourth-order valence-corrected chi connectivity index (χ4v) is 3.46. The van der Waals surface area contributed by atoms with Gasteiger partial charge >= 0.3 is 6.18 Å². The van der Waals surface area contributed by atoms with E-state index in [4.69, 9.17) is 0 Å². The predicted octanol–water partition coefficient (Wildman–Crippen LogP) is 4.38. The van der Waals surface area contributed by atoms with E-state index in [1.54, 1.807) is 0 Å². The molecule has 1 aliphatic carbocycles. The number of carbonyl (C=O) groups excluding carboxylic acids is 1. The zero-order chi connectivity index (χ0) is 16.7. The first-order chi connectivity index (χ1) is 10.1. The second kappa shape index (κ2) is 5.82. The van der Waals surface area contributed by atoms with Crippen LogP contribution >= 0.6 is 0 Å². The average molecular weight is 316 g/mol. The molecule has 0 aromatic heterocycles. The van der Waals surface area contributed by atoms with E-state index in [0.29, 0.717) is 17.4 Å². The van der Waals surface area contributed by atoms with Crippen molar-refractivity contribution < 1.29 is 28.2 Å². The third kappa shape index (κ3) is 3.36. The molecule has 1 aliphatic rings. The van der Waals surface area contributed by atoms with Crippen LogP contribution in [0.3, 0.4) is 0 Å². The maximum absolute atomic E-state index is 12.6. The Morgan fingerprint density at radius 3 is 2.09 bits per heavy atom. The van der Waals surface area contributed by atoms with Crippen LogP contribution in [0, 0.1) is 11.8 Å². The number of halogens is 3. The summed E-state index contributed by atoms with van der Waals surface area (Å²) >= 11 is 0. The molecule has 0 spiro atoms. The summed E-state index contributed by atoms with van der Waals surface area (Å²) in [5.74, 6) is -2.53. The zero-order valence-corrected chi connectivity index (χ0v) is 12.4. The molecule has 0 radical (unpaired) electrons. The van der Waals surface area contributed by atoms with Gasteiger partial charge < -0.3 is 10.2 Å². The van der Waals surface area contributed by atoms with Crippen molar-refractivity contribution in [3.8, 4) is 11.5 Å². The van der Waals surface area contributed by atoms with Gasteiger partial charge in [0.05, 0.1) is 5.56 Å². The molecule has 1 aromatic carbocycles. The number of Topliss-reactive ketones (excluding diaryl/α,β-unsaturated/α-hetero) is 1. The minimum absolute atomic E-state index is 0.112. The first-order valence-corrected chi connectivity index (χ1v) is 7.27. The lowest BCUT2D eigenvalue weighted by Gasteiger charge is -2.32. The van der Waals surface area contributed by atoms with Gasteiger partial charge in [0, 0.05) is 6.07 Å². The summed E-state index contributed by atoms with van der Waals surface area (Å²) in [5.41, 5.74) is -0.491. The van der Waals surface area contributed by atoms with Gasteiger partial charge in [-0.2, -0.15) is 13.2 Å². The highest BCUT2D eigenvalue weighted by Gasteiger charge is 2.41. The van der Waals surface area contributed by atoms with Crippen molar-refractivity contribution in [2.75, 3.05) is 0 Å². The molecule has 1 fully saturated rings. The highest BCUT2D eigenvalue weighted by Crippen LogP contribution is 2.44. The number of phenolic OH excluding ortho intramolecular Hbond substituents is 2. The van der Waals surface area contributed by atoms with Crippen LogP contribution in [0.2, 0.25) is 0 Å². The van der Waals surface area contributed by atoms with E-state index < -0.39 is 23.3 Å². The van der Waals surface area contributed by atoms with Crippen molar-refractivity contribution in [3.05, 3.63) is 23.3 Å². The molecule has 2 unspecified atom stereocenters. The number of carbonyl (C=O) groups is 1. The van der Waals surface area contributed by atoms with Crippen LogP contribution in [0.4, 0.5) is 13.2 Å². The van der Waals surface area contributed by atoms with E-state index in [9.17, 15) is 28.2 Å². The van der Waals surface area contributed by atoms with Gasteiger partial charge in [0.1, 0.15) is 11.5 Å². The first-order valence-electron chi connectivity index (χ1n) is 7.27. The second-order valence-corrected chi connectivity index (χ2v) is 6.37. The van der Waals surface area contributed by atoms with Gasteiger partial charge in [-0.25, -0.2) is 0 Å². The van der Waals surface area contributed by atoms with E-state index >= 15 is 0 Å². The van der Waals surface area contributed by atoms with E-state index in [1.807, 2.05) is 0 Å². The maximum Gasteiger partial charge on any atom is 0.455 e. The van der Waals surface area contributed by atoms with Gasteiger partial charge in [0.15, 0.2) is 0 Å². The molecule has 0 heterocycles. The monoisotopic (exact) mass is 316 g/mol. The minimum Gasteiger partial charge on any atom is -0.508 e. The molecular formula is C16H19F3O3. The van der Waals surface area contributed by atoms with Crippen LogP contribution in [0.5, 0.6) is 11.5 Å². The number of ketones is 1. The van der Waals surface area contributed by atoms with E-state index in [1.165, 1.54) is 0 Å². The molecule has 1 aromatic rings. The number of phenols is 2. The van der Waals surface area contributed by atoms with Gasteiger partial charge in [-0.3, -0.25) is 4.79 Å². The van der Waals surface area contributed by atoms with Gasteiger partial charge in [-0.15, -0.1) is 0 Å². The molecule has 1 saturated carbocycles. The number of hydrogen-bond acceptors (Lipinski definition) is 3. The van der Waals surface area contributed by atoms with Gasteiger partial charge in [0.2, 0.25) is 0 Å². The van der Waals surface area contributed by atoms with Gasteiger partial charge in [0.25, 0.3) is 5.78 Å². The third-order valence-electron chi connectivity index (χ3n) is 4.27. The Kier molecular flexibility index (Phi) is 4.40. The van der Waals surface area contributed by atoms with Crippen molar-refractivity contribution in [1.82, 2.24) is 0 Å². The van der Waals surface area contributed by atoms with Crippen LogP contribution in [-0.4, -0.2) is 22.2 Å². The Labute approximate surface area is 126 Å². The number of rotatable bonds is 2. The summed E-state index contributed by atoms with van der Waals surface area (Å²) in [7, 11) is 0. The molecule has 0 saturated heterocycles. The number of hydrogen-bond donors (Lipinski definition) is 2. The summed E-state index contributed by atoms with van der Waals surface area (Å²) < 4.78 is 37.8. The molecule has 2 N–H and O–H groups in total. The fraction of sp³-hybridized carbons (Fsp3) is 0.562. The number of aromatic hydroxyl groups is 2. The quantitative estimate of drug-likeness (QED) is 0.796. The lowest BCUT2D eigenvalue weighted by molar-refractivity contribution is -0.0886. The van der Waals surface area contributed by atoms with Crippen LogP contribution in [0.25, 0.3) is 0 Å². The summed E-state index contributed by atoms with van der Waals surface area (Å²) in [6, 6.07) is 1.83. The topological polar surface area (TPSA) is 57.5 Å².